The number of carbonyl (C=O) groups excluding carboxylic acids is 1. The summed E-state index contributed by atoms with van der Waals surface area (Å²) in [7, 11) is 1.65. The summed E-state index contributed by atoms with van der Waals surface area (Å²) in [5.41, 5.74) is 0.592. The molecule has 0 spiro atoms. The number of amides is 1. The van der Waals surface area contributed by atoms with E-state index >= 15 is 0 Å². The summed E-state index contributed by atoms with van der Waals surface area (Å²) in [6, 6.07) is 8.81. The lowest BCUT2D eigenvalue weighted by molar-refractivity contribution is -0.144. The maximum atomic E-state index is 12.3. The van der Waals surface area contributed by atoms with E-state index in [4.69, 9.17) is 9.26 Å². The lowest BCUT2D eigenvalue weighted by Gasteiger charge is -2.26. The molecule has 0 bridgehead atoms. The fourth-order valence-corrected chi connectivity index (χ4v) is 3.63. The highest BCUT2D eigenvalue weighted by Crippen LogP contribution is 2.34. The van der Waals surface area contributed by atoms with Crippen LogP contribution < -0.4 is 5.32 Å². The number of ether oxygens (including phenoxy) is 1. The van der Waals surface area contributed by atoms with Gasteiger partial charge in [-0.2, -0.15) is 0 Å². The normalized spacial score (nSPS) is 23.1. The van der Waals surface area contributed by atoms with Gasteiger partial charge in [-0.25, -0.2) is 15.0 Å². The van der Waals surface area contributed by atoms with Crippen LogP contribution in [0.1, 0.15) is 18.6 Å². The van der Waals surface area contributed by atoms with Gasteiger partial charge in [0.05, 0.1) is 23.2 Å². The Balaban J connectivity index is 1.38. The molecule has 10 heteroatoms. The van der Waals surface area contributed by atoms with Crippen LogP contribution in [-0.4, -0.2) is 68.9 Å². The average Bonchev–Trinajstić information content (AvgIpc) is 3.36. The van der Waals surface area contributed by atoms with Crippen LogP contribution in [0.2, 0.25) is 0 Å². The summed E-state index contributed by atoms with van der Waals surface area (Å²) < 4.78 is 10.7. The van der Waals surface area contributed by atoms with E-state index in [1.807, 2.05) is 12.1 Å². The van der Waals surface area contributed by atoms with Crippen LogP contribution in [0.3, 0.4) is 0 Å². The van der Waals surface area contributed by atoms with Crippen molar-refractivity contribution in [2.24, 2.45) is 0 Å². The molecule has 2 aliphatic rings. The van der Waals surface area contributed by atoms with Gasteiger partial charge in [0, 0.05) is 45.4 Å². The molecule has 0 radical (unpaired) electrons. The number of likely N-dealkylation sites (tertiary alicyclic amines) is 1. The number of nitrogens with one attached hydrogen (secondary N) is 1. The summed E-state index contributed by atoms with van der Waals surface area (Å²) in [5, 5.41) is 18.0. The van der Waals surface area contributed by atoms with E-state index in [-0.39, 0.29) is 18.3 Å². The first kappa shape index (κ1) is 19.6. The number of hydrogen-bond acceptors (Lipinski definition) is 9. The lowest BCUT2D eigenvalue weighted by Crippen LogP contribution is -2.35. The van der Waals surface area contributed by atoms with Crippen LogP contribution in [0.5, 0.6) is 0 Å². The largest absolute Gasteiger partial charge is 0.376 e. The van der Waals surface area contributed by atoms with E-state index < -0.39 is 11.5 Å². The van der Waals surface area contributed by atoms with Gasteiger partial charge in [-0.1, -0.05) is 11.2 Å². The van der Waals surface area contributed by atoms with Gasteiger partial charge in [-0.15, -0.1) is 0 Å². The molecule has 3 aromatic rings. The first-order valence-corrected chi connectivity index (χ1v) is 10.1. The van der Waals surface area contributed by atoms with Crippen molar-refractivity contribution in [2.75, 3.05) is 32.1 Å². The van der Waals surface area contributed by atoms with Crippen LogP contribution in [0.4, 0.5) is 5.95 Å². The number of rotatable bonds is 6. The van der Waals surface area contributed by atoms with Crippen LogP contribution >= 0.6 is 0 Å². The number of carbonyl (C=O) groups is 1. The second kappa shape index (κ2) is 7.71. The zero-order chi connectivity index (χ0) is 21.4. The molecule has 0 aliphatic carbocycles. The molecule has 0 unspecified atom stereocenters. The third-order valence-corrected chi connectivity index (χ3v) is 5.64. The first-order valence-electron chi connectivity index (χ1n) is 10.1. The molecule has 2 fully saturated rings. The van der Waals surface area contributed by atoms with Gasteiger partial charge in [-0.3, -0.25) is 4.79 Å². The van der Waals surface area contributed by atoms with Crippen molar-refractivity contribution in [3.8, 4) is 22.8 Å². The molecule has 3 aromatic heterocycles. The van der Waals surface area contributed by atoms with E-state index in [1.165, 1.54) is 4.90 Å². The van der Waals surface area contributed by atoms with Gasteiger partial charge in [0.25, 0.3) is 5.91 Å². The summed E-state index contributed by atoms with van der Waals surface area (Å²) in [6.07, 6.45) is 3.17. The number of pyridine rings is 1. The Labute approximate surface area is 178 Å². The summed E-state index contributed by atoms with van der Waals surface area (Å²) in [5.74, 6) is 0.232. The highest BCUT2D eigenvalue weighted by molar-refractivity contribution is 5.87. The monoisotopic (exact) mass is 422 g/mol. The third kappa shape index (κ3) is 3.64. The van der Waals surface area contributed by atoms with Crippen LogP contribution in [0.15, 0.2) is 41.1 Å². The third-order valence-electron chi connectivity index (χ3n) is 5.64. The van der Waals surface area contributed by atoms with Crippen LogP contribution in [-0.2, 0) is 15.1 Å². The second-order valence-electron chi connectivity index (χ2n) is 7.75. The fraction of sp³-hybridized carbons (Fsp3) is 0.381. The Morgan fingerprint density at radius 2 is 2.00 bits per heavy atom. The van der Waals surface area contributed by atoms with Gasteiger partial charge < -0.3 is 24.6 Å². The van der Waals surface area contributed by atoms with E-state index in [1.54, 1.807) is 31.4 Å². The van der Waals surface area contributed by atoms with Crippen molar-refractivity contribution in [2.45, 2.75) is 24.5 Å². The summed E-state index contributed by atoms with van der Waals surface area (Å²) in [6.45, 7) is 1.92. The molecular weight excluding hydrogens is 400 g/mol. The average molecular weight is 422 g/mol. The molecule has 5 rings (SSSR count). The van der Waals surface area contributed by atoms with Gasteiger partial charge in [0.2, 0.25) is 11.5 Å². The molecule has 31 heavy (non-hydrogen) atoms. The van der Waals surface area contributed by atoms with E-state index in [0.29, 0.717) is 41.8 Å². The van der Waals surface area contributed by atoms with Crippen LogP contribution in [0.25, 0.3) is 22.8 Å². The molecule has 2 saturated heterocycles. The Morgan fingerprint density at radius 1 is 1.23 bits per heavy atom. The molecule has 1 amide bonds. The maximum Gasteiger partial charge on any atom is 0.262 e. The van der Waals surface area contributed by atoms with Crippen molar-refractivity contribution >= 4 is 11.9 Å². The van der Waals surface area contributed by atoms with E-state index in [0.717, 1.165) is 13.0 Å². The Kier molecular flexibility index (Phi) is 4.87. The maximum absolute atomic E-state index is 12.3. The van der Waals surface area contributed by atoms with E-state index in [2.05, 4.69) is 25.4 Å². The molecule has 10 nitrogen and oxygen atoms in total. The number of aliphatic hydroxyl groups is 1. The lowest BCUT2D eigenvalue weighted by atomic mass is 9.98. The molecule has 0 saturated carbocycles. The molecule has 2 N–H and O–H groups in total. The standard InChI is InChI=1S/C21H22N6O4/c1-27-9-7-21(29,19(27)28)18-11-17(26-31-18)15-4-2-3-14(24-15)16-5-8-22-20(25-16)23-12-13-6-10-30-13/h2-5,8,11,13,29H,6-7,9-10,12H2,1H3,(H,22,23,25)/t13-,21+/m0/s1. The van der Waals surface area contributed by atoms with Crippen LogP contribution in [0, 0.1) is 0 Å². The topological polar surface area (TPSA) is 126 Å². The predicted molar refractivity (Wildman–Crippen MR) is 110 cm³/mol. The predicted octanol–water partition coefficient (Wildman–Crippen LogP) is 1.44. The number of nitrogens with zero attached hydrogens (tertiary/aromatic N) is 5. The first-order chi connectivity index (χ1) is 15.0. The summed E-state index contributed by atoms with van der Waals surface area (Å²) >= 11 is 0. The van der Waals surface area contributed by atoms with Gasteiger partial charge in [0.15, 0.2) is 5.76 Å². The molecule has 5 heterocycles. The van der Waals surface area contributed by atoms with Crippen molar-refractivity contribution in [3.63, 3.8) is 0 Å². The minimum Gasteiger partial charge on any atom is -0.376 e. The minimum absolute atomic E-state index is 0.121. The highest BCUT2D eigenvalue weighted by atomic mass is 16.5. The second-order valence-corrected chi connectivity index (χ2v) is 7.75. The quantitative estimate of drug-likeness (QED) is 0.607. The van der Waals surface area contributed by atoms with Crippen molar-refractivity contribution in [3.05, 3.63) is 42.3 Å². The molecule has 160 valence electrons. The number of likely N-dealkylation sites (N-methyl/N-ethyl adjacent to an activating group) is 1. The SMILES string of the molecule is CN1CC[C@@](O)(c2cc(-c3cccc(-c4ccnc(NC[C@@H]5CCO5)n4)n3)no2)C1=O. The van der Waals surface area contributed by atoms with E-state index in [9.17, 15) is 9.90 Å². The molecule has 0 aromatic carbocycles. The zero-order valence-electron chi connectivity index (χ0n) is 17.0. The van der Waals surface area contributed by atoms with Gasteiger partial charge >= 0.3 is 0 Å². The van der Waals surface area contributed by atoms with Gasteiger partial charge in [0.1, 0.15) is 5.69 Å². The number of hydrogen-bond donors (Lipinski definition) is 2. The Bertz CT molecular complexity index is 1110. The van der Waals surface area contributed by atoms with Crippen molar-refractivity contribution < 1.29 is 19.2 Å². The zero-order valence-corrected chi connectivity index (χ0v) is 17.0. The smallest absolute Gasteiger partial charge is 0.262 e. The fourth-order valence-electron chi connectivity index (χ4n) is 3.63. The molecule has 2 aliphatic heterocycles. The Hall–Kier alpha value is -3.37. The highest BCUT2D eigenvalue weighted by Gasteiger charge is 2.48. The molecule has 2 atom stereocenters. The van der Waals surface area contributed by atoms with Crippen molar-refractivity contribution in [1.82, 2.24) is 25.0 Å². The molecular formula is C21H22N6O4. The van der Waals surface area contributed by atoms with Crippen molar-refractivity contribution in [1.29, 1.82) is 0 Å². The van der Waals surface area contributed by atoms with Gasteiger partial charge in [-0.05, 0) is 24.6 Å². The Morgan fingerprint density at radius 3 is 2.71 bits per heavy atom. The number of anilines is 1. The number of aromatic nitrogens is 4. The minimum atomic E-state index is -1.69. The summed E-state index contributed by atoms with van der Waals surface area (Å²) in [4.78, 5) is 27.2.